The van der Waals surface area contributed by atoms with Crippen molar-refractivity contribution in [2.45, 2.75) is 6.92 Å². The summed E-state index contributed by atoms with van der Waals surface area (Å²) in [5.41, 5.74) is 0. The zero-order valence-corrected chi connectivity index (χ0v) is 9.00. The van der Waals surface area contributed by atoms with Crippen LogP contribution in [0.3, 0.4) is 0 Å². The van der Waals surface area contributed by atoms with E-state index < -0.39 is 23.5 Å². The van der Waals surface area contributed by atoms with E-state index in [1.807, 2.05) is 0 Å². The van der Waals surface area contributed by atoms with E-state index in [0.717, 1.165) is 6.07 Å². The molecule has 0 aliphatic heterocycles. The van der Waals surface area contributed by atoms with Gasteiger partial charge in [0.25, 0.3) is 0 Å². The van der Waals surface area contributed by atoms with Gasteiger partial charge in [0, 0.05) is 0 Å². The lowest BCUT2D eigenvalue weighted by Gasteiger charge is -2.11. The first kappa shape index (κ1) is 12.4. The number of rotatable bonds is 4. The van der Waals surface area contributed by atoms with Gasteiger partial charge in [0.1, 0.15) is 6.61 Å². The van der Waals surface area contributed by atoms with Crippen molar-refractivity contribution in [3.63, 3.8) is 0 Å². The van der Waals surface area contributed by atoms with Crippen molar-refractivity contribution in [3.05, 3.63) is 29.8 Å². The molecule has 3 nitrogen and oxygen atoms in total. The summed E-state index contributed by atoms with van der Waals surface area (Å²) in [6, 6.07) is 3.62. The zero-order chi connectivity index (χ0) is 12.1. The summed E-state index contributed by atoms with van der Waals surface area (Å²) >= 11 is 0. The molecule has 0 saturated carbocycles. The van der Waals surface area contributed by atoms with E-state index in [9.17, 15) is 13.6 Å². The Morgan fingerprint density at radius 3 is 2.75 bits per heavy atom. The van der Waals surface area contributed by atoms with Crippen molar-refractivity contribution in [2.75, 3.05) is 13.7 Å². The maximum Gasteiger partial charge on any atom is 0.311 e. The molecule has 88 valence electrons. The zero-order valence-electron chi connectivity index (χ0n) is 9.00. The van der Waals surface area contributed by atoms with E-state index in [1.165, 1.54) is 19.2 Å². The molecule has 16 heavy (non-hydrogen) atoms. The number of benzene rings is 1. The van der Waals surface area contributed by atoms with Crippen LogP contribution in [0.15, 0.2) is 18.2 Å². The van der Waals surface area contributed by atoms with E-state index in [0.29, 0.717) is 0 Å². The smallest absolute Gasteiger partial charge is 0.311 e. The third-order valence-electron chi connectivity index (χ3n) is 2.01. The molecule has 0 N–H and O–H groups in total. The second-order valence-corrected chi connectivity index (χ2v) is 3.29. The highest BCUT2D eigenvalue weighted by atomic mass is 19.2. The van der Waals surface area contributed by atoms with Gasteiger partial charge >= 0.3 is 5.97 Å². The minimum Gasteiger partial charge on any atom is -0.490 e. The van der Waals surface area contributed by atoms with Crippen LogP contribution in [-0.2, 0) is 9.53 Å². The molecular formula is C11H12F2O3. The predicted octanol–water partition coefficient (Wildman–Crippen LogP) is 2.15. The van der Waals surface area contributed by atoms with Gasteiger partial charge in [-0.3, -0.25) is 4.79 Å². The summed E-state index contributed by atoms with van der Waals surface area (Å²) in [6.45, 7) is 1.51. The maximum absolute atomic E-state index is 13.1. The van der Waals surface area contributed by atoms with Gasteiger partial charge in [-0.05, 0) is 19.1 Å². The first-order valence-corrected chi connectivity index (χ1v) is 4.71. The van der Waals surface area contributed by atoms with Gasteiger partial charge in [-0.1, -0.05) is 6.07 Å². The van der Waals surface area contributed by atoms with E-state index in [4.69, 9.17) is 4.74 Å². The Morgan fingerprint density at radius 2 is 2.12 bits per heavy atom. The Balaban J connectivity index is 2.61. The Labute approximate surface area is 92.0 Å². The SMILES string of the molecule is COC(=O)C(C)COc1cccc(F)c1F. The summed E-state index contributed by atoms with van der Waals surface area (Å²) in [5.74, 6) is -3.25. The normalized spacial score (nSPS) is 12.0. The summed E-state index contributed by atoms with van der Waals surface area (Å²) in [5, 5.41) is 0. The van der Waals surface area contributed by atoms with Crippen LogP contribution in [0.1, 0.15) is 6.92 Å². The molecule has 0 fully saturated rings. The molecule has 1 atom stereocenters. The van der Waals surface area contributed by atoms with Crippen LogP contribution in [0.25, 0.3) is 0 Å². The number of ether oxygens (including phenoxy) is 2. The molecule has 0 aromatic heterocycles. The van der Waals surface area contributed by atoms with Crippen molar-refractivity contribution in [1.29, 1.82) is 0 Å². The van der Waals surface area contributed by atoms with Gasteiger partial charge in [-0.15, -0.1) is 0 Å². The summed E-state index contributed by atoms with van der Waals surface area (Å²) in [4.78, 5) is 11.0. The van der Waals surface area contributed by atoms with Gasteiger partial charge in [-0.25, -0.2) is 4.39 Å². The molecule has 0 heterocycles. The minimum atomic E-state index is -1.06. The van der Waals surface area contributed by atoms with Crippen LogP contribution < -0.4 is 4.74 Å². The molecule has 0 spiro atoms. The number of hydrogen-bond acceptors (Lipinski definition) is 3. The molecule has 0 radical (unpaired) electrons. The Bertz CT molecular complexity index is 379. The van der Waals surface area contributed by atoms with Crippen molar-refractivity contribution >= 4 is 5.97 Å². The lowest BCUT2D eigenvalue weighted by atomic mass is 10.2. The maximum atomic E-state index is 13.1. The minimum absolute atomic E-state index is 0.0625. The highest BCUT2D eigenvalue weighted by molar-refractivity contribution is 5.71. The second kappa shape index (κ2) is 5.44. The number of carbonyl (C=O) groups is 1. The standard InChI is InChI=1S/C11H12F2O3/c1-7(11(14)15-2)6-16-9-5-3-4-8(12)10(9)13/h3-5,7H,6H2,1-2H3. The first-order chi connectivity index (χ1) is 7.56. The van der Waals surface area contributed by atoms with E-state index in [2.05, 4.69) is 4.74 Å². The third kappa shape index (κ3) is 2.92. The average molecular weight is 230 g/mol. The number of hydrogen-bond donors (Lipinski definition) is 0. The van der Waals surface area contributed by atoms with Gasteiger partial charge in [0.2, 0.25) is 5.82 Å². The van der Waals surface area contributed by atoms with Crippen molar-refractivity contribution in [3.8, 4) is 5.75 Å². The van der Waals surface area contributed by atoms with Gasteiger partial charge < -0.3 is 9.47 Å². The molecular weight excluding hydrogens is 218 g/mol. The topological polar surface area (TPSA) is 35.5 Å². The summed E-state index contributed by atoms with van der Waals surface area (Å²) in [6.07, 6.45) is 0. The molecule has 0 bridgehead atoms. The van der Waals surface area contributed by atoms with Crippen LogP contribution in [-0.4, -0.2) is 19.7 Å². The fourth-order valence-electron chi connectivity index (χ4n) is 1.08. The highest BCUT2D eigenvalue weighted by Gasteiger charge is 2.15. The molecule has 5 heteroatoms. The molecule has 1 unspecified atom stereocenters. The van der Waals surface area contributed by atoms with Crippen molar-refractivity contribution < 1.29 is 23.0 Å². The van der Waals surface area contributed by atoms with Gasteiger partial charge in [-0.2, -0.15) is 4.39 Å². The molecule has 1 rings (SSSR count). The summed E-state index contributed by atoms with van der Waals surface area (Å²) < 4.78 is 35.4. The van der Waals surface area contributed by atoms with Crippen LogP contribution in [0.2, 0.25) is 0 Å². The molecule has 0 amide bonds. The van der Waals surface area contributed by atoms with Crippen LogP contribution in [0.4, 0.5) is 8.78 Å². The number of halogens is 2. The van der Waals surface area contributed by atoms with Crippen LogP contribution in [0, 0.1) is 17.6 Å². The fourth-order valence-corrected chi connectivity index (χ4v) is 1.08. The lowest BCUT2D eigenvalue weighted by Crippen LogP contribution is -2.20. The second-order valence-electron chi connectivity index (χ2n) is 3.29. The molecule has 1 aromatic rings. The average Bonchev–Trinajstić information content (AvgIpc) is 2.29. The van der Waals surface area contributed by atoms with Crippen molar-refractivity contribution in [2.24, 2.45) is 5.92 Å². The van der Waals surface area contributed by atoms with E-state index in [-0.39, 0.29) is 12.4 Å². The number of methoxy groups -OCH3 is 1. The predicted molar refractivity (Wildman–Crippen MR) is 53.0 cm³/mol. The molecule has 1 aromatic carbocycles. The first-order valence-electron chi connectivity index (χ1n) is 4.71. The van der Waals surface area contributed by atoms with Crippen molar-refractivity contribution in [1.82, 2.24) is 0 Å². The highest BCUT2D eigenvalue weighted by Crippen LogP contribution is 2.19. The van der Waals surface area contributed by atoms with Gasteiger partial charge in [0.15, 0.2) is 11.6 Å². The fraction of sp³-hybridized carbons (Fsp3) is 0.364. The lowest BCUT2D eigenvalue weighted by molar-refractivity contribution is -0.145. The van der Waals surface area contributed by atoms with E-state index >= 15 is 0 Å². The summed E-state index contributed by atoms with van der Waals surface area (Å²) in [7, 11) is 1.25. The van der Waals surface area contributed by atoms with Crippen LogP contribution >= 0.6 is 0 Å². The Hall–Kier alpha value is -1.65. The molecule has 0 aliphatic carbocycles. The quantitative estimate of drug-likeness (QED) is 0.743. The molecule has 0 aliphatic rings. The Kier molecular flexibility index (Phi) is 4.22. The van der Waals surface area contributed by atoms with Crippen LogP contribution in [0.5, 0.6) is 5.75 Å². The van der Waals surface area contributed by atoms with Gasteiger partial charge in [0.05, 0.1) is 13.0 Å². The largest absolute Gasteiger partial charge is 0.490 e. The third-order valence-corrected chi connectivity index (χ3v) is 2.01. The van der Waals surface area contributed by atoms with E-state index in [1.54, 1.807) is 6.92 Å². The number of carbonyl (C=O) groups excluding carboxylic acids is 1. The Morgan fingerprint density at radius 1 is 1.44 bits per heavy atom. The number of esters is 1. The monoisotopic (exact) mass is 230 g/mol. The molecule has 0 saturated heterocycles.